The molecule has 0 aliphatic carbocycles. The first kappa shape index (κ1) is 20.9. The van der Waals surface area contributed by atoms with Gasteiger partial charge in [0.15, 0.2) is 6.10 Å². The number of carbonyl (C=O) groups is 3. The van der Waals surface area contributed by atoms with E-state index in [1.54, 1.807) is 42.5 Å². The van der Waals surface area contributed by atoms with E-state index in [2.05, 4.69) is 10.6 Å². The number of ether oxygens (including phenoxy) is 1. The summed E-state index contributed by atoms with van der Waals surface area (Å²) in [6.07, 6.45) is -1.11. The molecule has 0 fully saturated rings. The van der Waals surface area contributed by atoms with Gasteiger partial charge in [-0.2, -0.15) is 5.26 Å². The lowest BCUT2D eigenvalue weighted by Gasteiger charge is -2.14. The highest BCUT2D eigenvalue weighted by atomic mass is 35.5. The minimum Gasteiger partial charge on any atom is -0.452 e. The Hall–Kier alpha value is -3.37. The minimum atomic E-state index is -1.02. The normalized spacial score (nSPS) is 11.0. The molecule has 28 heavy (non-hydrogen) atoms. The number of hydrogen-bond donors (Lipinski definition) is 2. The molecular weight excluding hydrogens is 382 g/mol. The van der Waals surface area contributed by atoms with Crippen molar-refractivity contribution in [3.63, 3.8) is 0 Å². The molecule has 0 saturated heterocycles. The molecule has 2 amide bonds. The van der Waals surface area contributed by atoms with Gasteiger partial charge in [-0.05, 0) is 49.4 Å². The Morgan fingerprint density at radius 2 is 1.89 bits per heavy atom. The highest BCUT2D eigenvalue weighted by Crippen LogP contribution is 2.11. The standard InChI is InChI=1S/C20H18ClN3O4/c1-13(19(26)24-17-4-2-3-14(11-17)12-22)28-18(25)9-10-23-20(27)15-5-7-16(21)8-6-15/h2-8,11,13H,9-10H2,1H3,(H,23,27)(H,24,26)/t13-/m0/s1. The highest BCUT2D eigenvalue weighted by molar-refractivity contribution is 6.30. The van der Waals surface area contributed by atoms with Gasteiger partial charge in [-0.1, -0.05) is 17.7 Å². The Morgan fingerprint density at radius 1 is 1.18 bits per heavy atom. The number of benzene rings is 2. The number of nitriles is 1. The summed E-state index contributed by atoms with van der Waals surface area (Å²) in [4.78, 5) is 35.9. The molecule has 0 unspecified atom stereocenters. The van der Waals surface area contributed by atoms with E-state index >= 15 is 0 Å². The maximum absolute atomic E-state index is 12.1. The van der Waals surface area contributed by atoms with Gasteiger partial charge < -0.3 is 15.4 Å². The predicted molar refractivity (Wildman–Crippen MR) is 104 cm³/mol. The first-order valence-electron chi connectivity index (χ1n) is 8.43. The van der Waals surface area contributed by atoms with Crippen LogP contribution in [0.2, 0.25) is 5.02 Å². The largest absolute Gasteiger partial charge is 0.452 e. The molecule has 2 N–H and O–H groups in total. The van der Waals surface area contributed by atoms with E-state index in [0.717, 1.165) is 0 Å². The number of anilines is 1. The van der Waals surface area contributed by atoms with E-state index in [-0.39, 0.29) is 18.9 Å². The summed E-state index contributed by atoms with van der Waals surface area (Å²) < 4.78 is 5.06. The summed E-state index contributed by atoms with van der Waals surface area (Å²) in [5, 5.41) is 14.5. The van der Waals surface area contributed by atoms with Gasteiger partial charge in [-0.3, -0.25) is 14.4 Å². The van der Waals surface area contributed by atoms with Crippen LogP contribution in [-0.2, 0) is 14.3 Å². The number of carbonyl (C=O) groups excluding carboxylic acids is 3. The highest BCUT2D eigenvalue weighted by Gasteiger charge is 2.18. The molecule has 7 nitrogen and oxygen atoms in total. The summed E-state index contributed by atoms with van der Waals surface area (Å²) in [5.41, 5.74) is 1.26. The summed E-state index contributed by atoms with van der Waals surface area (Å²) in [7, 11) is 0. The van der Waals surface area contributed by atoms with Crippen molar-refractivity contribution < 1.29 is 19.1 Å². The van der Waals surface area contributed by atoms with Gasteiger partial charge in [0.05, 0.1) is 18.1 Å². The fraction of sp³-hybridized carbons (Fsp3) is 0.200. The molecule has 2 aromatic carbocycles. The molecule has 0 heterocycles. The molecule has 144 valence electrons. The van der Waals surface area contributed by atoms with Gasteiger partial charge in [-0.25, -0.2) is 0 Å². The maximum atomic E-state index is 12.1. The second-order valence-corrected chi connectivity index (χ2v) is 6.26. The van der Waals surface area contributed by atoms with Crippen LogP contribution < -0.4 is 10.6 Å². The molecular formula is C20H18ClN3O4. The molecule has 0 spiro atoms. The Bertz CT molecular complexity index is 906. The van der Waals surface area contributed by atoms with Gasteiger partial charge in [-0.15, -0.1) is 0 Å². The number of esters is 1. The van der Waals surface area contributed by atoms with Crippen LogP contribution in [-0.4, -0.2) is 30.4 Å². The Balaban J connectivity index is 1.75. The van der Waals surface area contributed by atoms with E-state index in [9.17, 15) is 14.4 Å². The van der Waals surface area contributed by atoms with Crippen LogP contribution in [0, 0.1) is 11.3 Å². The zero-order valence-electron chi connectivity index (χ0n) is 15.1. The summed E-state index contributed by atoms with van der Waals surface area (Å²) >= 11 is 5.76. The number of nitrogens with one attached hydrogen (secondary N) is 2. The lowest BCUT2D eigenvalue weighted by atomic mass is 10.2. The average molecular weight is 400 g/mol. The zero-order valence-corrected chi connectivity index (χ0v) is 15.8. The topological polar surface area (TPSA) is 108 Å². The summed E-state index contributed by atoms with van der Waals surface area (Å²) in [5.74, 6) is -1.48. The van der Waals surface area contributed by atoms with Crippen LogP contribution in [0.25, 0.3) is 0 Å². The van der Waals surface area contributed by atoms with Gasteiger partial charge >= 0.3 is 5.97 Å². The van der Waals surface area contributed by atoms with E-state index < -0.39 is 18.0 Å². The molecule has 0 aliphatic heterocycles. The molecule has 0 bridgehead atoms. The van der Waals surface area contributed by atoms with Crippen LogP contribution in [0.15, 0.2) is 48.5 Å². The molecule has 0 saturated carbocycles. The van der Waals surface area contributed by atoms with E-state index in [1.165, 1.54) is 13.0 Å². The third kappa shape index (κ3) is 6.41. The van der Waals surface area contributed by atoms with Crippen molar-refractivity contribution in [2.45, 2.75) is 19.4 Å². The third-order valence-corrected chi connectivity index (χ3v) is 3.91. The van der Waals surface area contributed by atoms with E-state index in [4.69, 9.17) is 21.6 Å². The lowest BCUT2D eigenvalue weighted by molar-refractivity contribution is -0.153. The monoisotopic (exact) mass is 399 g/mol. The van der Waals surface area contributed by atoms with Crippen molar-refractivity contribution in [2.75, 3.05) is 11.9 Å². The van der Waals surface area contributed by atoms with Crippen molar-refractivity contribution in [2.24, 2.45) is 0 Å². The first-order valence-corrected chi connectivity index (χ1v) is 8.81. The SMILES string of the molecule is C[C@H](OC(=O)CCNC(=O)c1ccc(Cl)cc1)C(=O)Nc1cccc(C#N)c1. The van der Waals surface area contributed by atoms with Crippen molar-refractivity contribution in [3.8, 4) is 6.07 Å². The Kier molecular flexibility index (Phi) is 7.55. The fourth-order valence-electron chi connectivity index (χ4n) is 2.20. The molecule has 1 atom stereocenters. The molecule has 0 radical (unpaired) electrons. The predicted octanol–water partition coefficient (Wildman–Crippen LogP) is 2.90. The Labute approximate surface area is 167 Å². The van der Waals surface area contributed by atoms with E-state index in [1.807, 2.05) is 6.07 Å². The van der Waals surface area contributed by atoms with Crippen LogP contribution in [0.3, 0.4) is 0 Å². The lowest BCUT2D eigenvalue weighted by Crippen LogP contribution is -2.32. The van der Waals surface area contributed by atoms with Gasteiger partial charge in [0.2, 0.25) is 0 Å². The molecule has 2 rings (SSSR count). The van der Waals surface area contributed by atoms with Crippen LogP contribution in [0.5, 0.6) is 0 Å². The second-order valence-electron chi connectivity index (χ2n) is 5.83. The number of halogens is 1. The smallest absolute Gasteiger partial charge is 0.308 e. The molecule has 0 aromatic heterocycles. The number of amides is 2. The fourth-order valence-corrected chi connectivity index (χ4v) is 2.33. The number of nitrogens with zero attached hydrogens (tertiary/aromatic N) is 1. The first-order chi connectivity index (χ1) is 13.4. The second kappa shape index (κ2) is 10.1. The molecule has 2 aromatic rings. The minimum absolute atomic E-state index is 0.0683. The average Bonchev–Trinajstić information content (AvgIpc) is 2.68. The summed E-state index contributed by atoms with van der Waals surface area (Å²) in [6, 6.07) is 14.7. The Morgan fingerprint density at radius 3 is 2.57 bits per heavy atom. The number of rotatable bonds is 7. The summed E-state index contributed by atoms with van der Waals surface area (Å²) in [6.45, 7) is 1.51. The van der Waals surface area contributed by atoms with Crippen LogP contribution in [0.1, 0.15) is 29.3 Å². The van der Waals surface area contributed by atoms with Crippen LogP contribution in [0.4, 0.5) is 5.69 Å². The van der Waals surface area contributed by atoms with Gasteiger partial charge in [0.25, 0.3) is 11.8 Å². The van der Waals surface area contributed by atoms with Crippen LogP contribution >= 0.6 is 11.6 Å². The molecule has 8 heteroatoms. The molecule has 0 aliphatic rings. The quantitative estimate of drug-likeness (QED) is 0.696. The van der Waals surface area contributed by atoms with Crippen molar-refractivity contribution in [1.29, 1.82) is 5.26 Å². The third-order valence-electron chi connectivity index (χ3n) is 3.66. The van der Waals surface area contributed by atoms with E-state index in [0.29, 0.717) is 21.8 Å². The van der Waals surface area contributed by atoms with Gasteiger partial charge in [0, 0.05) is 22.8 Å². The van der Waals surface area contributed by atoms with Gasteiger partial charge in [0.1, 0.15) is 0 Å². The van der Waals surface area contributed by atoms with Crippen molar-refractivity contribution >= 4 is 35.1 Å². The maximum Gasteiger partial charge on any atom is 0.308 e. The zero-order chi connectivity index (χ0) is 20.5. The van der Waals surface area contributed by atoms with Crippen molar-refractivity contribution in [3.05, 3.63) is 64.7 Å². The van der Waals surface area contributed by atoms with Crippen molar-refractivity contribution in [1.82, 2.24) is 5.32 Å². The number of hydrogen-bond acceptors (Lipinski definition) is 5.